The molecule has 6 heteroatoms. The number of ether oxygens (including phenoxy) is 1. The number of anilines is 2. The lowest BCUT2D eigenvalue weighted by Gasteiger charge is -2.22. The maximum absolute atomic E-state index is 5.90. The Kier molecular flexibility index (Phi) is 5.94. The third-order valence-corrected chi connectivity index (χ3v) is 5.94. The van der Waals surface area contributed by atoms with Crippen LogP contribution < -0.4 is 20.9 Å². The SMILES string of the molecule is Cc1cc(-c2ccccc2)cc2c1N=C(Nc1ccc(OCCN3CCCC3)cc1)NN2. The van der Waals surface area contributed by atoms with Crippen LogP contribution in [0.3, 0.4) is 0 Å². The van der Waals surface area contributed by atoms with E-state index in [4.69, 9.17) is 9.73 Å². The molecule has 1 fully saturated rings. The molecule has 164 valence electrons. The van der Waals surface area contributed by atoms with E-state index >= 15 is 0 Å². The Balaban J connectivity index is 1.23. The first-order chi connectivity index (χ1) is 15.7. The smallest absolute Gasteiger partial charge is 0.220 e. The van der Waals surface area contributed by atoms with Crippen molar-refractivity contribution < 1.29 is 4.74 Å². The average molecular weight is 428 g/mol. The maximum atomic E-state index is 5.90. The molecule has 3 aromatic carbocycles. The summed E-state index contributed by atoms with van der Waals surface area (Å²) >= 11 is 0. The lowest BCUT2D eigenvalue weighted by molar-refractivity contribution is 0.238. The minimum absolute atomic E-state index is 0.663. The zero-order valence-corrected chi connectivity index (χ0v) is 18.4. The van der Waals surface area contributed by atoms with Gasteiger partial charge in [0.25, 0.3) is 0 Å². The van der Waals surface area contributed by atoms with Crippen LogP contribution in [0.15, 0.2) is 71.7 Å². The van der Waals surface area contributed by atoms with Crippen molar-refractivity contribution in [3.8, 4) is 16.9 Å². The zero-order valence-electron chi connectivity index (χ0n) is 18.4. The molecule has 0 aromatic heterocycles. The Bertz CT molecular complexity index is 1090. The molecule has 5 rings (SSSR count). The molecule has 1 saturated heterocycles. The molecule has 2 aliphatic heterocycles. The second-order valence-electron chi connectivity index (χ2n) is 8.31. The van der Waals surface area contributed by atoms with Gasteiger partial charge in [0, 0.05) is 12.2 Å². The van der Waals surface area contributed by atoms with E-state index < -0.39 is 0 Å². The fourth-order valence-corrected chi connectivity index (χ4v) is 4.22. The topological polar surface area (TPSA) is 60.9 Å². The average Bonchev–Trinajstić information content (AvgIpc) is 3.35. The van der Waals surface area contributed by atoms with Crippen molar-refractivity contribution in [1.29, 1.82) is 0 Å². The quantitative estimate of drug-likeness (QED) is 0.507. The number of aliphatic imine (C=N–C) groups is 1. The number of fused-ring (bicyclic) bond motifs is 1. The molecule has 3 N–H and O–H groups in total. The van der Waals surface area contributed by atoms with Gasteiger partial charge >= 0.3 is 0 Å². The highest BCUT2D eigenvalue weighted by atomic mass is 16.5. The third kappa shape index (κ3) is 4.70. The summed E-state index contributed by atoms with van der Waals surface area (Å²) in [6, 6.07) is 22.7. The summed E-state index contributed by atoms with van der Waals surface area (Å²) in [6.07, 6.45) is 2.62. The van der Waals surface area contributed by atoms with Gasteiger partial charge in [-0.2, -0.15) is 0 Å². The van der Waals surface area contributed by atoms with E-state index in [1.54, 1.807) is 0 Å². The van der Waals surface area contributed by atoms with Gasteiger partial charge in [0.1, 0.15) is 12.4 Å². The third-order valence-electron chi connectivity index (χ3n) is 5.94. The van der Waals surface area contributed by atoms with Gasteiger partial charge in [-0.05, 0) is 85.9 Å². The minimum Gasteiger partial charge on any atom is -0.492 e. The standard InChI is InChI=1S/C26H29N5O/c1-19-17-21(20-7-3-2-4-8-20)18-24-25(19)28-26(30-29-24)27-22-9-11-23(12-10-22)32-16-15-31-13-5-6-14-31/h2-4,7-12,17-18,29H,5-6,13-16H2,1H3,(H2,27,28,30). The number of guanidine groups is 1. The molecule has 0 unspecified atom stereocenters. The van der Waals surface area contributed by atoms with Crippen LogP contribution >= 0.6 is 0 Å². The van der Waals surface area contributed by atoms with Crippen LogP contribution in [0.1, 0.15) is 18.4 Å². The second kappa shape index (κ2) is 9.32. The molecule has 2 heterocycles. The number of nitrogens with zero attached hydrogens (tertiary/aromatic N) is 2. The number of hydrogen-bond acceptors (Lipinski definition) is 6. The Morgan fingerprint density at radius 1 is 0.938 bits per heavy atom. The van der Waals surface area contributed by atoms with Gasteiger partial charge in [-0.1, -0.05) is 30.3 Å². The van der Waals surface area contributed by atoms with E-state index in [0.717, 1.165) is 41.5 Å². The van der Waals surface area contributed by atoms with Crippen LogP contribution in [0.5, 0.6) is 5.75 Å². The molecule has 0 atom stereocenters. The van der Waals surface area contributed by atoms with Crippen LogP contribution in [-0.4, -0.2) is 37.1 Å². The van der Waals surface area contributed by atoms with E-state index in [0.29, 0.717) is 5.96 Å². The fourth-order valence-electron chi connectivity index (χ4n) is 4.22. The number of hydrazine groups is 1. The molecular formula is C26H29N5O. The maximum Gasteiger partial charge on any atom is 0.220 e. The van der Waals surface area contributed by atoms with Crippen molar-refractivity contribution in [2.45, 2.75) is 19.8 Å². The van der Waals surface area contributed by atoms with Crippen molar-refractivity contribution >= 4 is 23.0 Å². The monoisotopic (exact) mass is 427 g/mol. The summed E-state index contributed by atoms with van der Waals surface area (Å²) in [5.74, 6) is 1.55. The Labute approximate surface area is 189 Å². The molecular weight excluding hydrogens is 398 g/mol. The summed E-state index contributed by atoms with van der Waals surface area (Å²) in [5.41, 5.74) is 12.8. The summed E-state index contributed by atoms with van der Waals surface area (Å²) in [7, 11) is 0. The van der Waals surface area contributed by atoms with Crippen molar-refractivity contribution in [1.82, 2.24) is 10.3 Å². The highest BCUT2D eigenvalue weighted by molar-refractivity contribution is 6.00. The molecule has 6 nitrogen and oxygen atoms in total. The van der Waals surface area contributed by atoms with Gasteiger partial charge in [0.05, 0.1) is 11.4 Å². The van der Waals surface area contributed by atoms with Crippen molar-refractivity contribution in [3.63, 3.8) is 0 Å². The first-order valence-electron chi connectivity index (χ1n) is 11.3. The molecule has 0 spiro atoms. The summed E-state index contributed by atoms with van der Waals surface area (Å²) in [6.45, 7) is 6.22. The van der Waals surface area contributed by atoms with Crippen molar-refractivity contribution in [2.24, 2.45) is 4.99 Å². The molecule has 0 radical (unpaired) electrons. The van der Waals surface area contributed by atoms with Gasteiger partial charge in [0.15, 0.2) is 0 Å². The van der Waals surface area contributed by atoms with Crippen LogP contribution in [-0.2, 0) is 0 Å². The fraction of sp³-hybridized carbons (Fsp3) is 0.269. The summed E-state index contributed by atoms with van der Waals surface area (Å²) in [4.78, 5) is 7.24. The molecule has 0 amide bonds. The Morgan fingerprint density at radius 2 is 1.72 bits per heavy atom. The predicted octanol–water partition coefficient (Wildman–Crippen LogP) is 5.17. The van der Waals surface area contributed by atoms with E-state index in [2.05, 4.69) is 64.4 Å². The first kappa shape index (κ1) is 20.4. The van der Waals surface area contributed by atoms with Crippen LogP contribution in [0.2, 0.25) is 0 Å². The number of hydrogen-bond donors (Lipinski definition) is 3. The van der Waals surface area contributed by atoms with Crippen LogP contribution in [0.25, 0.3) is 11.1 Å². The van der Waals surface area contributed by atoms with Gasteiger partial charge in [0.2, 0.25) is 5.96 Å². The molecule has 3 aromatic rings. The highest BCUT2D eigenvalue weighted by Crippen LogP contribution is 2.35. The molecule has 0 aliphatic carbocycles. The lowest BCUT2D eigenvalue weighted by atomic mass is 10.0. The number of benzene rings is 3. The van der Waals surface area contributed by atoms with Gasteiger partial charge < -0.3 is 10.1 Å². The predicted molar refractivity (Wildman–Crippen MR) is 132 cm³/mol. The summed E-state index contributed by atoms with van der Waals surface area (Å²) in [5, 5.41) is 3.34. The highest BCUT2D eigenvalue weighted by Gasteiger charge is 2.15. The first-order valence-corrected chi connectivity index (χ1v) is 11.3. The van der Waals surface area contributed by atoms with E-state index in [1.165, 1.54) is 37.1 Å². The zero-order chi connectivity index (χ0) is 21.8. The van der Waals surface area contributed by atoms with E-state index in [-0.39, 0.29) is 0 Å². The Hall–Kier alpha value is -3.51. The van der Waals surface area contributed by atoms with Gasteiger partial charge in [-0.3, -0.25) is 15.8 Å². The summed E-state index contributed by atoms with van der Waals surface area (Å²) < 4.78 is 5.90. The van der Waals surface area contributed by atoms with Gasteiger partial charge in [-0.15, -0.1) is 0 Å². The van der Waals surface area contributed by atoms with Crippen molar-refractivity contribution in [3.05, 3.63) is 72.3 Å². The number of likely N-dealkylation sites (tertiary alicyclic amines) is 1. The minimum atomic E-state index is 0.663. The molecule has 32 heavy (non-hydrogen) atoms. The van der Waals surface area contributed by atoms with E-state index in [9.17, 15) is 0 Å². The number of rotatable bonds is 6. The molecule has 2 aliphatic rings. The second-order valence-corrected chi connectivity index (χ2v) is 8.31. The normalized spacial score (nSPS) is 15.3. The Morgan fingerprint density at radius 3 is 2.50 bits per heavy atom. The van der Waals surface area contributed by atoms with Crippen LogP contribution in [0.4, 0.5) is 17.1 Å². The van der Waals surface area contributed by atoms with E-state index in [1.807, 2.05) is 30.3 Å². The number of aryl methyl sites for hydroxylation is 1. The largest absolute Gasteiger partial charge is 0.492 e. The van der Waals surface area contributed by atoms with Gasteiger partial charge in [-0.25, -0.2) is 4.99 Å². The molecule has 0 bridgehead atoms. The lowest BCUT2D eigenvalue weighted by Crippen LogP contribution is -2.37. The van der Waals surface area contributed by atoms with Crippen LogP contribution in [0, 0.1) is 6.92 Å². The molecule has 0 saturated carbocycles. The number of nitrogens with one attached hydrogen (secondary N) is 3. The van der Waals surface area contributed by atoms with Crippen molar-refractivity contribution in [2.75, 3.05) is 37.0 Å².